The van der Waals surface area contributed by atoms with Gasteiger partial charge in [0.05, 0.1) is 13.2 Å². The molecule has 0 aliphatic carbocycles. The van der Waals surface area contributed by atoms with Gasteiger partial charge in [0.1, 0.15) is 24.4 Å². The van der Waals surface area contributed by atoms with Crippen LogP contribution in [0.4, 0.5) is 0 Å². The van der Waals surface area contributed by atoms with Crippen LogP contribution in [-0.4, -0.2) is 64.3 Å². The number of allylic oxidation sites excluding steroid dienone is 1. The van der Waals surface area contributed by atoms with Gasteiger partial charge >= 0.3 is 0 Å². The van der Waals surface area contributed by atoms with Crippen LogP contribution in [-0.2, 0) is 9.47 Å². The molecule has 18 heavy (non-hydrogen) atoms. The van der Waals surface area contributed by atoms with Crippen molar-refractivity contribution < 1.29 is 29.9 Å². The van der Waals surface area contributed by atoms with E-state index >= 15 is 0 Å². The van der Waals surface area contributed by atoms with Gasteiger partial charge in [-0.3, -0.25) is 0 Å². The Labute approximate surface area is 106 Å². The van der Waals surface area contributed by atoms with Gasteiger partial charge in [0, 0.05) is 0 Å². The minimum atomic E-state index is -1.38. The highest BCUT2D eigenvalue weighted by Gasteiger charge is 2.43. The van der Waals surface area contributed by atoms with Gasteiger partial charge < -0.3 is 29.9 Å². The second-order valence-corrected chi connectivity index (χ2v) is 4.24. The van der Waals surface area contributed by atoms with Crippen LogP contribution in [0.25, 0.3) is 0 Å². The summed E-state index contributed by atoms with van der Waals surface area (Å²) in [5, 5.41) is 37.7. The molecule has 0 amide bonds. The third-order valence-electron chi connectivity index (χ3n) is 2.82. The zero-order valence-corrected chi connectivity index (χ0v) is 10.5. The smallest absolute Gasteiger partial charge is 0.186 e. The predicted octanol–water partition coefficient (Wildman–Crippen LogP) is -0.841. The van der Waals surface area contributed by atoms with Crippen molar-refractivity contribution in [2.45, 2.75) is 50.5 Å². The van der Waals surface area contributed by atoms with Crippen molar-refractivity contribution in [3.05, 3.63) is 12.2 Å². The van der Waals surface area contributed by atoms with E-state index < -0.39 is 37.3 Å². The molecule has 6 nitrogen and oxygen atoms in total. The summed E-state index contributed by atoms with van der Waals surface area (Å²) in [6.45, 7) is 1.91. The average Bonchev–Trinajstić information content (AvgIpc) is 2.38. The van der Waals surface area contributed by atoms with Gasteiger partial charge in [0.25, 0.3) is 0 Å². The Hall–Kier alpha value is -0.500. The van der Waals surface area contributed by atoms with Crippen LogP contribution in [0.2, 0.25) is 0 Å². The van der Waals surface area contributed by atoms with Gasteiger partial charge in [-0.15, -0.1) is 0 Å². The molecule has 106 valence electrons. The second kappa shape index (κ2) is 7.83. The van der Waals surface area contributed by atoms with E-state index in [1.54, 1.807) is 0 Å². The van der Waals surface area contributed by atoms with Gasteiger partial charge in [-0.05, 0) is 12.8 Å². The lowest BCUT2D eigenvalue weighted by Gasteiger charge is -2.39. The van der Waals surface area contributed by atoms with Crippen LogP contribution in [0.15, 0.2) is 12.2 Å². The first-order valence-electron chi connectivity index (χ1n) is 6.19. The van der Waals surface area contributed by atoms with E-state index in [9.17, 15) is 15.3 Å². The number of aliphatic hydroxyl groups excluding tert-OH is 4. The molecule has 5 atom stereocenters. The van der Waals surface area contributed by atoms with Crippen molar-refractivity contribution in [3.63, 3.8) is 0 Å². The first-order chi connectivity index (χ1) is 8.61. The van der Waals surface area contributed by atoms with Crippen molar-refractivity contribution in [3.8, 4) is 0 Å². The van der Waals surface area contributed by atoms with Gasteiger partial charge in [0.2, 0.25) is 0 Å². The molecule has 1 fully saturated rings. The van der Waals surface area contributed by atoms with Crippen LogP contribution < -0.4 is 0 Å². The zero-order valence-electron chi connectivity index (χ0n) is 10.5. The summed E-state index contributed by atoms with van der Waals surface area (Å²) in [5.41, 5.74) is 0. The predicted molar refractivity (Wildman–Crippen MR) is 63.8 cm³/mol. The average molecular weight is 262 g/mol. The lowest BCUT2D eigenvalue weighted by atomic mass is 9.99. The summed E-state index contributed by atoms with van der Waals surface area (Å²) >= 11 is 0. The van der Waals surface area contributed by atoms with Crippen molar-refractivity contribution >= 4 is 0 Å². The van der Waals surface area contributed by atoms with Crippen LogP contribution in [0.3, 0.4) is 0 Å². The molecular weight excluding hydrogens is 240 g/mol. The summed E-state index contributed by atoms with van der Waals surface area (Å²) in [4.78, 5) is 0. The summed E-state index contributed by atoms with van der Waals surface area (Å²) in [6, 6.07) is 0. The minimum Gasteiger partial charge on any atom is -0.394 e. The third kappa shape index (κ3) is 4.01. The normalized spacial score (nSPS) is 37.3. The van der Waals surface area contributed by atoms with Gasteiger partial charge in [-0.25, -0.2) is 0 Å². The van der Waals surface area contributed by atoms with Crippen LogP contribution in [0.5, 0.6) is 0 Å². The molecule has 6 heteroatoms. The number of hydrogen-bond acceptors (Lipinski definition) is 6. The molecule has 1 aliphatic rings. The van der Waals surface area contributed by atoms with E-state index in [1.807, 2.05) is 19.1 Å². The highest BCUT2D eigenvalue weighted by molar-refractivity contribution is 4.89. The fourth-order valence-corrected chi connectivity index (χ4v) is 1.74. The summed E-state index contributed by atoms with van der Waals surface area (Å²) in [5.74, 6) is 0. The molecule has 1 saturated heterocycles. The lowest BCUT2D eigenvalue weighted by Crippen LogP contribution is -2.59. The van der Waals surface area contributed by atoms with Gasteiger partial charge in [-0.2, -0.15) is 0 Å². The molecule has 0 bridgehead atoms. The number of aliphatic hydroxyl groups is 4. The largest absolute Gasteiger partial charge is 0.394 e. The fraction of sp³-hybridized carbons (Fsp3) is 0.833. The van der Waals surface area contributed by atoms with E-state index in [2.05, 4.69) is 0 Å². The van der Waals surface area contributed by atoms with Crippen LogP contribution in [0, 0.1) is 0 Å². The molecule has 0 radical (unpaired) electrons. The maximum Gasteiger partial charge on any atom is 0.186 e. The molecule has 0 spiro atoms. The number of hydrogen-bond donors (Lipinski definition) is 4. The number of rotatable bonds is 6. The molecule has 1 aliphatic heterocycles. The highest BCUT2D eigenvalue weighted by atomic mass is 16.7. The van der Waals surface area contributed by atoms with E-state index in [4.69, 9.17) is 14.6 Å². The summed E-state index contributed by atoms with van der Waals surface area (Å²) in [6.07, 6.45) is -0.436. The van der Waals surface area contributed by atoms with Crippen molar-refractivity contribution in [1.29, 1.82) is 0 Å². The molecule has 1 rings (SSSR count). The molecule has 0 aromatic carbocycles. The SMILES string of the molecule is CC/C=C\CCOC1O[C@H](CO)[C@H](O)[C@H](O)[C@H]1O. The van der Waals surface area contributed by atoms with Crippen molar-refractivity contribution in [1.82, 2.24) is 0 Å². The van der Waals surface area contributed by atoms with Crippen molar-refractivity contribution in [2.24, 2.45) is 0 Å². The maximum atomic E-state index is 9.66. The molecule has 0 saturated carbocycles. The first kappa shape index (κ1) is 15.6. The molecule has 1 unspecified atom stereocenters. The number of ether oxygens (including phenoxy) is 2. The van der Waals surface area contributed by atoms with E-state index in [1.165, 1.54) is 0 Å². The maximum absolute atomic E-state index is 9.66. The molecule has 0 aromatic rings. The summed E-state index contributed by atoms with van der Waals surface area (Å²) in [7, 11) is 0. The monoisotopic (exact) mass is 262 g/mol. The van der Waals surface area contributed by atoms with E-state index in [0.29, 0.717) is 13.0 Å². The Morgan fingerprint density at radius 1 is 1.11 bits per heavy atom. The Balaban J connectivity index is 2.41. The molecule has 0 aromatic heterocycles. The fourth-order valence-electron chi connectivity index (χ4n) is 1.74. The van der Waals surface area contributed by atoms with Gasteiger partial charge in [-0.1, -0.05) is 19.1 Å². The Morgan fingerprint density at radius 2 is 1.83 bits per heavy atom. The van der Waals surface area contributed by atoms with Gasteiger partial charge in [0.15, 0.2) is 6.29 Å². The minimum absolute atomic E-state index is 0.333. The van der Waals surface area contributed by atoms with Crippen molar-refractivity contribution in [2.75, 3.05) is 13.2 Å². The highest BCUT2D eigenvalue weighted by Crippen LogP contribution is 2.21. The molecular formula is C12H22O6. The van der Waals surface area contributed by atoms with E-state index in [-0.39, 0.29) is 0 Å². The topological polar surface area (TPSA) is 99.4 Å². The van der Waals surface area contributed by atoms with Crippen LogP contribution in [0.1, 0.15) is 19.8 Å². The Kier molecular flexibility index (Phi) is 6.77. The second-order valence-electron chi connectivity index (χ2n) is 4.24. The third-order valence-corrected chi connectivity index (χ3v) is 2.82. The van der Waals surface area contributed by atoms with Crippen LogP contribution >= 0.6 is 0 Å². The standard InChI is InChI=1S/C12H22O6/c1-2-3-4-5-6-17-12-11(16)10(15)9(14)8(7-13)18-12/h3-4,8-16H,2,5-7H2,1H3/b4-3-/t8-,9+,10+,11-,12?/m1/s1. The first-order valence-corrected chi connectivity index (χ1v) is 6.19. The van der Waals surface area contributed by atoms with E-state index in [0.717, 1.165) is 6.42 Å². The zero-order chi connectivity index (χ0) is 13.5. The molecule has 1 heterocycles. The lowest BCUT2D eigenvalue weighted by molar-refractivity contribution is -0.300. The molecule has 4 N–H and O–H groups in total. The Morgan fingerprint density at radius 3 is 2.44 bits per heavy atom. The quantitative estimate of drug-likeness (QED) is 0.368. The summed E-state index contributed by atoms with van der Waals surface area (Å²) < 4.78 is 10.5. The Bertz CT molecular complexity index is 255.